The van der Waals surface area contributed by atoms with Crippen LogP contribution in [0.25, 0.3) is 10.8 Å². The molecule has 5 aromatic rings. The highest BCUT2D eigenvalue weighted by Crippen LogP contribution is 2.30. The number of fused-ring (bicyclic) bond motifs is 1. The number of aromatic nitrogens is 3. The van der Waals surface area contributed by atoms with Gasteiger partial charge in [0.25, 0.3) is 21.9 Å². The quantitative estimate of drug-likeness (QED) is 0.0192. The normalized spacial score (nSPS) is 19.9. The molecule has 0 spiro atoms. The molecule has 1 saturated heterocycles. The predicted octanol–water partition coefficient (Wildman–Crippen LogP) is 1.24. The van der Waals surface area contributed by atoms with Gasteiger partial charge in [-0.15, -0.1) is 5.10 Å². The Morgan fingerprint density at radius 2 is 1.56 bits per heavy atom. The Bertz CT molecular complexity index is 2600. The maximum atomic E-state index is 13.4. The van der Waals surface area contributed by atoms with E-state index in [-0.39, 0.29) is 62.2 Å². The molecule has 0 bridgehead atoms. The summed E-state index contributed by atoms with van der Waals surface area (Å²) in [5, 5.41) is 78.2. The number of nitrogens with zero attached hydrogens (tertiary/aromatic N) is 6. The summed E-state index contributed by atoms with van der Waals surface area (Å²) < 4.78 is 57.5. The van der Waals surface area contributed by atoms with Gasteiger partial charge in [0, 0.05) is 54.9 Å². The second kappa shape index (κ2) is 23.3. The van der Waals surface area contributed by atoms with Gasteiger partial charge < -0.3 is 65.3 Å². The largest absolute Gasteiger partial charge is 0.394 e. The van der Waals surface area contributed by atoms with Crippen molar-refractivity contribution in [3.63, 3.8) is 0 Å². The van der Waals surface area contributed by atoms with Gasteiger partial charge in [-0.05, 0) is 67.6 Å². The Kier molecular flexibility index (Phi) is 17.6. The first kappa shape index (κ1) is 51.4. The number of aliphatic hydroxyl groups is 5. The summed E-state index contributed by atoms with van der Waals surface area (Å²) in [4.78, 5) is 28.0. The standard InChI is InChI=1S/C44H55N9O14S/c1-44(60,42(59)46-19-18-45-34-8-4-7-33-32(34)6-5-9-36(33)68(61,62)63)43(67-41-39(57)38(56)37(55)35(26-54)66-41)65-23-22-64-21-20-53-25-30(50-51-53)24-47-40(58)27-10-12-28(13-11-27)48-49-29-14-16-31(17-15-29)52(2)3/h4-17,25,35,37-39,41,43,45,54-57,60H,18-24,26H2,1-3H3,(H,46,59)(H,47,58)(H,61,62,63)/t35-,37+,38+,39-,41-,43?,44?/m1/s1. The number of anilines is 2. The van der Waals surface area contributed by atoms with E-state index in [0.717, 1.165) is 12.6 Å². The molecule has 6 rings (SSSR count). The second-order valence-corrected chi connectivity index (χ2v) is 17.3. The van der Waals surface area contributed by atoms with Crippen LogP contribution < -0.4 is 20.9 Å². The molecule has 0 saturated carbocycles. The van der Waals surface area contributed by atoms with Crippen molar-refractivity contribution in [3.8, 4) is 0 Å². The van der Waals surface area contributed by atoms with Crippen LogP contribution >= 0.6 is 0 Å². The fraction of sp³-hybridized carbons (Fsp3) is 0.409. The maximum absolute atomic E-state index is 13.4. The Labute approximate surface area is 391 Å². The van der Waals surface area contributed by atoms with Gasteiger partial charge in [-0.25, -0.2) is 4.68 Å². The molecule has 68 heavy (non-hydrogen) atoms. The molecule has 366 valence electrons. The lowest BCUT2D eigenvalue weighted by molar-refractivity contribution is -0.355. The van der Waals surface area contributed by atoms with Crippen LogP contribution in [0.4, 0.5) is 22.7 Å². The van der Waals surface area contributed by atoms with E-state index in [4.69, 9.17) is 18.9 Å². The Hall–Kier alpha value is -6.03. The number of aliphatic hydroxyl groups excluding tert-OH is 4. The topological polar surface area (TPSA) is 321 Å². The van der Waals surface area contributed by atoms with Crippen molar-refractivity contribution in [3.05, 3.63) is 102 Å². The van der Waals surface area contributed by atoms with Crippen molar-refractivity contribution < 1.29 is 67.0 Å². The smallest absolute Gasteiger partial charge is 0.295 e. The van der Waals surface area contributed by atoms with E-state index in [0.29, 0.717) is 33.7 Å². The van der Waals surface area contributed by atoms with Crippen molar-refractivity contribution in [2.45, 2.75) is 67.5 Å². The molecule has 2 unspecified atom stereocenters. The summed E-state index contributed by atoms with van der Waals surface area (Å²) in [6, 6.07) is 23.4. The van der Waals surface area contributed by atoms with E-state index in [1.54, 1.807) is 48.7 Å². The predicted molar refractivity (Wildman–Crippen MR) is 244 cm³/mol. The van der Waals surface area contributed by atoms with Gasteiger partial charge in [-0.1, -0.05) is 29.5 Å². The molecule has 1 aromatic heterocycles. The summed E-state index contributed by atoms with van der Waals surface area (Å²) in [5.74, 6) is -1.32. The summed E-state index contributed by atoms with van der Waals surface area (Å²) in [6.45, 7) is 0.412. The average molecular weight is 966 g/mol. The number of carbonyl (C=O) groups excluding carboxylic acids is 2. The number of azo groups is 1. The number of hydrogen-bond donors (Lipinski definition) is 9. The van der Waals surface area contributed by atoms with Crippen molar-refractivity contribution in [1.29, 1.82) is 0 Å². The zero-order valence-electron chi connectivity index (χ0n) is 37.3. The van der Waals surface area contributed by atoms with Crippen LogP contribution in [0.3, 0.4) is 0 Å². The maximum Gasteiger partial charge on any atom is 0.295 e. The third-order valence-corrected chi connectivity index (χ3v) is 11.6. The van der Waals surface area contributed by atoms with Gasteiger partial charge in [0.1, 0.15) is 35.0 Å². The number of benzene rings is 4. The summed E-state index contributed by atoms with van der Waals surface area (Å²) >= 11 is 0. The fourth-order valence-corrected chi connectivity index (χ4v) is 7.55. The number of carbonyl (C=O) groups is 2. The molecule has 0 radical (unpaired) electrons. The van der Waals surface area contributed by atoms with Crippen LogP contribution in [0.2, 0.25) is 0 Å². The molecule has 23 nitrogen and oxygen atoms in total. The van der Waals surface area contributed by atoms with E-state index in [1.165, 1.54) is 22.9 Å². The molecule has 2 heterocycles. The van der Waals surface area contributed by atoms with Crippen LogP contribution in [0.5, 0.6) is 0 Å². The SMILES string of the molecule is CN(C)c1ccc(N=Nc2ccc(C(=O)NCc3cn(CCOCCOC(O[C@H]4O[C@H](CO)[C@H](O)[C@H](O)[C@H]4O)C(C)(O)C(=O)NCCNc4cccc5c(S(=O)(=O)O)cccc45)nn3)cc2)cc1. The molecule has 0 aliphatic carbocycles. The van der Waals surface area contributed by atoms with Crippen LogP contribution in [0.1, 0.15) is 23.0 Å². The highest BCUT2D eigenvalue weighted by Gasteiger charge is 2.49. The highest BCUT2D eigenvalue weighted by atomic mass is 32.2. The van der Waals surface area contributed by atoms with Gasteiger partial charge in [-0.3, -0.25) is 14.1 Å². The van der Waals surface area contributed by atoms with E-state index >= 15 is 0 Å². The third kappa shape index (κ3) is 13.4. The first-order valence-electron chi connectivity index (χ1n) is 21.3. The molecular formula is C44H55N9O14S. The average Bonchev–Trinajstić information content (AvgIpc) is 3.79. The molecule has 4 aromatic carbocycles. The first-order chi connectivity index (χ1) is 32.5. The number of ether oxygens (including phenoxy) is 4. The minimum absolute atomic E-state index is 0.0774. The van der Waals surface area contributed by atoms with E-state index in [2.05, 4.69) is 36.5 Å². The molecule has 9 N–H and O–H groups in total. The number of hydrogen-bond acceptors (Lipinski definition) is 19. The fourth-order valence-electron chi connectivity index (χ4n) is 6.84. The Morgan fingerprint density at radius 1 is 0.882 bits per heavy atom. The minimum atomic E-state index is -4.50. The molecule has 1 aliphatic heterocycles. The monoisotopic (exact) mass is 965 g/mol. The Morgan fingerprint density at radius 3 is 2.24 bits per heavy atom. The van der Waals surface area contributed by atoms with Gasteiger partial charge in [0.15, 0.2) is 18.2 Å². The third-order valence-electron chi connectivity index (χ3n) is 10.7. The minimum Gasteiger partial charge on any atom is -0.394 e. The lowest BCUT2D eigenvalue weighted by Crippen LogP contribution is -2.62. The Balaban J connectivity index is 0.968. The highest BCUT2D eigenvalue weighted by molar-refractivity contribution is 7.86. The zero-order valence-corrected chi connectivity index (χ0v) is 38.1. The van der Waals surface area contributed by atoms with Crippen molar-refractivity contribution in [2.75, 3.05) is 63.8 Å². The van der Waals surface area contributed by atoms with Crippen LogP contribution in [0, 0.1) is 0 Å². The molecule has 1 aliphatic rings. The van der Waals surface area contributed by atoms with Crippen molar-refractivity contribution >= 4 is 55.5 Å². The van der Waals surface area contributed by atoms with Crippen molar-refractivity contribution in [1.82, 2.24) is 25.6 Å². The number of nitrogens with one attached hydrogen (secondary N) is 3. The first-order valence-corrected chi connectivity index (χ1v) is 22.8. The molecular weight excluding hydrogens is 911 g/mol. The van der Waals surface area contributed by atoms with Gasteiger partial charge in [0.05, 0.1) is 57.1 Å². The zero-order chi connectivity index (χ0) is 49.0. The van der Waals surface area contributed by atoms with Crippen molar-refractivity contribution in [2.24, 2.45) is 10.2 Å². The molecule has 1 fully saturated rings. The number of amides is 2. The number of rotatable bonds is 23. The van der Waals surface area contributed by atoms with Gasteiger partial charge in [0.2, 0.25) is 0 Å². The van der Waals surface area contributed by atoms with Gasteiger partial charge >= 0.3 is 0 Å². The lowest BCUT2D eigenvalue weighted by atomic mass is 9.99. The summed E-state index contributed by atoms with van der Waals surface area (Å²) in [6.07, 6.45) is -8.78. The van der Waals surface area contributed by atoms with Crippen LogP contribution in [0.15, 0.2) is 106 Å². The summed E-state index contributed by atoms with van der Waals surface area (Å²) in [5.41, 5.74) is 1.23. The second-order valence-electron chi connectivity index (χ2n) is 15.9. The van der Waals surface area contributed by atoms with E-state index in [1.807, 2.05) is 43.3 Å². The molecule has 2 amide bonds. The van der Waals surface area contributed by atoms with E-state index in [9.17, 15) is 48.1 Å². The van der Waals surface area contributed by atoms with Gasteiger partial charge in [-0.2, -0.15) is 18.6 Å². The molecule has 7 atom stereocenters. The van der Waals surface area contributed by atoms with Crippen LogP contribution in [-0.4, -0.2) is 162 Å². The lowest BCUT2D eigenvalue weighted by Gasteiger charge is -2.42. The summed E-state index contributed by atoms with van der Waals surface area (Å²) in [7, 11) is -0.598. The van der Waals surface area contributed by atoms with Crippen LogP contribution in [-0.2, 0) is 46.9 Å². The van der Waals surface area contributed by atoms with E-state index < -0.39 is 65.2 Å². The molecule has 24 heteroatoms.